The first kappa shape index (κ1) is 29.4. The van der Waals surface area contributed by atoms with E-state index in [0.717, 1.165) is 75.2 Å². The van der Waals surface area contributed by atoms with Crippen molar-refractivity contribution >= 4 is 5.91 Å². The fourth-order valence-corrected chi connectivity index (χ4v) is 11.0. The Morgan fingerprint density at radius 3 is 2.52 bits per heavy atom. The highest BCUT2D eigenvalue weighted by Gasteiger charge is 2.64. The molecule has 0 aromatic carbocycles. The molecule has 6 nitrogen and oxygen atoms in total. The van der Waals surface area contributed by atoms with Gasteiger partial charge < -0.3 is 25.0 Å². The number of hydrogen-bond acceptors (Lipinski definition) is 5. The third-order valence-corrected chi connectivity index (χ3v) is 13.7. The maximum atomic E-state index is 12.9. The standard InChI is InChI=1S/C34H59N3O3/c1-23(22-38)5-7-26-20-30-31(40-26)21-29-27-8-6-24-19-25(9-12-33(24,2)28(27)10-13-34(29,30)3)35-32(39)11-14-37-17-15-36(4)16-18-37/h23-31,38H,5-22H2,1-4H3,(H,35,39)/t23-,24+,25+,26+,27+,28?,29?,30-,31?,33-,34-/m0/s1. The molecule has 1 amide bonds. The van der Waals surface area contributed by atoms with Crippen LogP contribution in [0.2, 0.25) is 0 Å². The monoisotopic (exact) mass is 557 g/mol. The van der Waals surface area contributed by atoms with Crippen LogP contribution >= 0.6 is 0 Å². The molecule has 0 spiro atoms. The molecule has 4 saturated carbocycles. The second-order valence-electron chi connectivity index (χ2n) is 15.9. The Morgan fingerprint density at radius 1 is 0.975 bits per heavy atom. The van der Waals surface area contributed by atoms with Gasteiger partial charge in [-0.1, -0.05) is 20.8 Å². The van der Waals surface area contributed by atoms with Crippen LogP contribution in [0.25, 0.3) is 0 Å². The van der Waals surface area contributed by atoms with Gasteiger partial charge in [-0.2, -0.15) is 0 Å². The van der Waals surface area contributed by atoms with Crippen molar-refractivity contribution < 1.29 is 14.6 Å². The van der Waals surface area contributed by atoms with Gasteiger partial charge in [-0.3, -0.25) is 4.79 Å². The third kappa shape index (κ3) is 5.53. The molecule has 0 aromatic heterocycles. The van der Waals surface area contributed by atoms with Gasteiger partial charge >= 0.3 is 0 Å². The molecule has 4 aliphatic carbocycles. The molecule has 0 radical (unpaired) electrons. The largest absolute Gasteiger partial charge is 0.396 e. The first-order valence-corrected chi connectivity index (χ1v) is 17.2. The van der Waals surface area contributed by atoms with Crippen LogP contribution in [0.1, 0.15) is 97.8 Å². The van der Waals surface area contributed by atoms with Gasteiger partial charge in [-0.05, 0) is 124 Å². The number of amides is 1. The highest BCUT2D eigenvalue weighted by molar-refractivity contribution is 5.76. The van der Waals surface area contributed by atoms with E-state index >= 15 is 0 Å². The minimum absolute atomic E-state index is 0.274. The molecule has 6 rings (SSSR count). The molecule has 3 unspecified atom stereocenters. The number of likely N-dealkylation sites (N-methyl/N-ethyl adjacent to an activating group) is 1. The summed E-state index contributed by atoms with van der Waals surface area (Å²) in [7, 11) is 2.19. The third-order valence-electron chi connectivity index (χ3n) is 13.7. The number of carbonyl (C=O) groups excluding carboxylic acids is 1. The molecule has 2 saturated heterocycles. The summed E-state index contributed by atoms with van der Waals surface area (Å²) in [5.41, 5.74) is 0.911. The second kappa shape index (κ2) is 11.8. The van der Waals surface area contributed by atoms with Crippen molar-refractivity contribution in [2.45, 2.75) is 116 Å². The Balaban J connectivity index is 1.01. The molecular formula is C34H59N3O3. The zero-order valence-electron chi connectivity index (χ0n) is 26.1. The smallest absolute Gasteiger partial charge is 0.221 e. The summed E-state index contributed by atoms with van der Waals surface area (Å²) < 4.78 is 6.74. The summed E-state index contributed by atoms with van der Waals surface area (Å²) in [6.45, 7) is 13.1. The summed E-state index contributed by atoms with van der Waals surface area (Å²) >= 11 is 0. The van der Waals surface area contributed by atoms with Crippen LogP contribution in [0, 0.1) is 46.3 Å². The second-order valence-corrected chi connectivity index (χ2v) is 15.9. The summed E-state index contributed by atoms with van der Waals surface area (Å²) in [5.74, 6) is 4.75. The number of rotatable bonds is 8. The van der Waals surface area contributed by atoms with E-state index in [-0.39, 0.29) is 5.91 Å². The van der Waals surface area contributed by atoms with Gasteiger partial charge in [0.1, 0.15) is 0 Å². The van der Waals surface area contributed by atoms with Crippen molar-refractivity contribution in [2.75, 3.05) is 46.4 Å². The maximum Gasteiger partial charge on any atom is 0.221 e. The number of hydrogen-bond donors (Lipinski definition) is 2. The lowest BCUT2D eigenvalue weighted by Gasteiger charge is -2.61. The summed E-state index contributed by atoms with van der Waals surface area (Å²) in [6, 6.07) is 0.383. The lowest BCUT2D eigenvalue weighted by atomic mass is 9.44. The van der Waals surface area contributed by atoms with Gasteiger partial charge in [0.15, 0.2) is 0 Å². The number of nitrogens with zero attached hydrogens (tertiary/aromatic N) is 2. The predicted molar refractivity (Wildman–Crippen MR) is 160 cm³/mol. The molecule has 40 heavy (non-hydrogen) atoms. The van der Waals surface area contributed by atoms with E-state index in [0.29, 0.717) is 48.0 Å². The van der Waals surface area contributed by atoms with Gasteiger partial charge in [-0.25, -0.2) is 0 Å². The van der Waals surface area contributed by atoms with Crippen molar-refractivity contribution in [2.24, 2.45) is 46.3 Å². The van der Waals surface area contributed by atoms with Crippen LogP contribution in [-0.4, -0.2) is 85.4 Å². The lowest BCUT2D eigenvalue weighted by Crippen LogP contribution is -2.55. The average molecular weight is 558 g/mol. The molecule has 2 N–H and O–H groups in total. The number of fused-ring (bicyclic) bond motifs is 7. The van der Waals surface area contributed by atoms with Crippen LogP contribution < -0.4 is 5.32 Å². The fourth-order valence-electron chi connectivity index (χ4n) is 11.0. The van der Waals surface area contributed by atoms with Crippen LogP contribution in [-0.2, 0) is 9.53 Å². The van der Waals surface area contributed by atoms with Gasteiger partial charge in [0.2, 0.25) is 5.91 Å². The Morgan fingerprint density at radius 2 is 1.75 bits per heavy atom. The topological polar surface area (TPSA) is 65.0 Å². The van der Waals surface area contributed by atoms with E-state index in [9.17, 15) is 9.90 Å². The number of aliphatic hydroxyl groups is 1. The van der Waals surface area contributed by atoms with Gasteiger partial charge in [0.25, 0.3) is 0 Å². The Labute approximate surface area is 244 Å². The first-order valence-electron chi connectivity index (χ1n) is 17.2. The quantitative estimate of drug-likeness (QED) is 0.443. The van der Waals surface area contributed by atoms with Gasteiger partial charge in [0.05, 0.1) is 12.2 Å². The molecule has 11 atom stereocenters. The lowest BCUT2D eigenvalue weighted by molar-refractivity contribution is -0.127. The molecule has 6 aliphatic rings. The number of nitrogens with one attached hydrogen (secondary N) is 1. The molecule has 6 heteroatoms. The van der Waals surface area contributed by atoms with E-state index in [1.165, 1.54) is 57.8 Å². The average Bonchev–Trinajstić information content (AvgIpc) is 3.48. The van der Waals surface area contributed by atoms with E-state index in [1.54, 1.807) is 0 Å². The van der Waals surface area contributed by atoms with Crippen molar-refractivity contribution in [1.29, 1.82) is 0 Å². The van der Waals surface area contributed by atoms with Crippen molar-refractivity contribution in [3.63, 3.8) is 0 Å². The Kier molecular flexibility index (Phi) is 8.65. The molecule has 0 bridgehead atoms. The minimum atomic E-state index is 0.274. The van der Waals surface area contributed by atoms with E-state index < -0.39 is 0 Å². The minimum Gasteiger partial charge on any atom is -0.396 e. The Bertz CT molecular complexity index is 892. The van der Waals surface area contributed by atoms with Gasteiger partial charge in [-0.15, -0.1) is 0 Å². The molecule has 0 aromatic rings. The molecule has 228 valence electrons. The maximum absolute atomic E-state index is 12.9. The van der Waals surface area contributed by atoms with E-state index in [1.807, 2.05) is 0 Å². The highest BCUT2D eigenvalue weighted by Crippen LogP contribution is 2.69. The van der Waals surface area contributed by atoms with Crippen LogP contribution in [0.15, 0.2) is 0 Å². The van der Waals surface area contributed by atoms with Crippen LogP contribution in [0.3, 0.4) is 0 Å². The molecule has 2 heterocycles. The number of aliphatic hydroxyl groups excluding tert-OH is 1. The number of ether oxygens (including phenoxy) is 1. The SMILES string of the molecule is C[C@H](CO)CC[C@@H]1C[C@H]2C(CC3[C@@H]4CC[C@@H]5C[C@H](NC(=O)CCN6CCN(C)CC6)CC[C@]5(C)C4CC[C@@]32C)O1. The van der Waals surface area contributed by atoms with Gasteiger partial charge in [0, 0.05) is 51.8 Å². The predicted octanol–water partition coefficient (Wildman–Crippen LogP) is 4.94. The van der Waals surface area contributed by atoms with Crippen molar-refractivity contribution in [3.8, 4) is 0 Å². The Hall–Kier alpha value is -0.690. The van der Waals surface area contributed by atoms with Crippen LogP contribution in [0.5, 0.6) is 0 Å². The van der Waals surface area contributed by atoms with E-state index in [4.69, 9.17) is 4.74 Å². The first-order chi connectivity index (χ1) is 19.2. The number of carbonyl (C=O) groups is 1. The normalized spacial score (nSPS) is 46.2. The summed E-state index contributed by atoms with van der Waals surface area (Å²) in [5, 5.41) is 12.9. The molecule has 2 aliphatic heterocycles. The zero-order chi connectivity index (χ0) is 28.1. The molecular weight excluding hydrogens is 498 g/mol. The molecule has 6 fully saturated rings. The summed E-state index contributed by atoms with van der Waals surface area (Å²) in [6.07, 6.45) is 15.5. The highest BCUT2D eigenvalue weighted by atomic mass is 16.5. The van der Waals surface area contributed by atoms with Crippen LogP contribution in [0.4, 0.5) is 0 Å². The fraction of sp³-hybridized carbons (Fsp3) is 0.971. The van der Waals surface area contributed by atoms with Crippen molar-refractivity contribution in [1.82, 2.24) is 15.1 Å². The number of piperazine rings is 1. The zero-order valence-corrected chi connectivity index (χ0v) is 26.1. The summed E-state index contributed by atoms with van der Waals surface area (Å²) in [4.78, 5) is 17.7. The van der Waals surface area contributed by atoms with E-state index in [2.05, 4.69) is 42.9 Å². The van der Waals surface area contributed by atoms with Crippen molar-refractivity contribution in [3.05, 3.63) is 0 Å².